The summed E-state index contributed by atoms with van der Waals surface area (Å²) < 4.78 is 4.72. The standard InChI is InChI=1S/C21H21NO5/c1-2-27-19(23)10-6-9-18(21(25)26)22-20(24)17-13-11-16(12-14-17)15-7-4-3-5-8-15/h3-8,10-14,18H,2,9H2,1H3,(H,22,24)(H,25,26)/b10-6+/t18-/m0/s1. The van der Waals surface area contributed by atoms with Crippen molar-refractivity contribution in [1.82, 2.24) is 5.32 Å². The molecule has 2 aromatic rings. The van der Waals surface area contributed by atoms with Crippen LogP contribution in [-0.4, -0.2) is 35.6 Å². The molecule has 27 heavy (non-hydrogen) atoms. The number of nitrogens with one attached hydrogen (secondary N) is 1. The van der Waals surface area contributed by atoms with E-state index < -0.39 is 23.9 Å². The van der Waals surface area contributed by atoms with Crippen LogP contribution in [0.15, 0.2) is 66.7 Å². The van der Waals surface area contributed by atoms with E-state index in [1.54, 1.807) is 31.2 Å². The molecule has 0 aliphatic heterocycles. The zero-order valence-corrected chi connectivity index (χ0v) is 14.9. The van der Waals surface area contributed by atoms with Crippen molar-refractivity contribution in [2.24, 2.45) is 0 Å². The lowest BCUT2D eigenvalue weighted by atomic mass is 10.0. The average molecular weight is 367 g/mol. The summed E-state index contributed by atoms with van der Waals surface area (Å²) in [6.07, 6.45) is 2.50. The number of ether oxygens (including phenoxy) is 1. The molecule has 1 amide bonds. The summed E-state index contributed by atoms with van der Waals surface area (Å²) in [6, 6.07) is 15.5. The second kappa shape index (κ2) is 9.91. The molecular weight excluding hydrogens is 346 g/mol. The van der Waals surface area contributed by atoms with E-state index in [0.29, 0.717) is 5.56 Å². The molecule has 0 radical (unpaired) electrons. The van der Waals surface area contributed by atoms with Gasteiger partial charge in [-0.1, -0.05) is 48.5 Å². The van der Waals surface area contributed by atoms with Crippen molar-refractivity contribution in [1.29, 1.82) is 0 Å². The van der Waals surface area contributed by atoms with E-state index in [2.05, 4.69) is 5.32 Å². The van der Waals surface area contributed by atoms with Crippen LogP contribution in [-0.2, 0) is 14.3 Å². The molecule has 0 spiro atoms. The molecule has 1 atom stereocenters. The molecule has 0 aromatic heterocycles. The van der Waals surface area contributed by atoms with Gasteiger partial charge in [-0.25, -0.2) is 9.59 Å². The highest BCUT2D eigenvalue weighted by Gasteiger charge is 2.19. The fourth-order valence-corrected chi connectivity index (χ4v) is 2.40. The highest BCUT2D eigenvalue weighted by molar-refractivity contribution is 5.97. The number of hydrogen-bond acceptors (Lipinski definition) is 4. The van der Waals surface area contributed by atoms with Crippen LogP contribution in [0.1, 0.15) is 23.7 Å². The third-order valence-corrected chi connectivity index (χ3v) is 3.77. The lowest BCUT2D eigenvalue weighted by molar-refractivity contribution is -0.139. The minimum atomic E-state index is -1.18. The van der Waals surface area contributed by atoms with Crippen molar-refractivity contribution >= 4 is 17.8 Å². The number of esters is 1. The summed E-state index contributed by atoms with van der Waals surface area (Å²) in [6.45, 7) is 1.91. The van der Waals surface area contributed by atoms with Crippen molar-refractivity contribution in [3.05, 3.63) is 72.3 Å². The molecule has 0 saturated heterocycles. The Hall–Kier alpha value is -3.41. The molecule has 0 saturated carbocycles. The van der Waals surface area contributed by atoms with Crippen LogP contribution in [0.5, 0.6) is 0 Å². The van der Waals surface area contributed by atoms with Crippen LogP contribution in [0.25, 0.3) is 11.1 Å². The molecule has 0 bridgehead atoms. The van der Waals surface area contributed by atoms with Gasteiger partial charge in [0.15, 0.2) is 0 Å². The van der Waals surface area contributed by atoms with E-state index in [-0.39, 0.29) is 13.0 Å². The summed E-state index contributed by atoms with van der Waals surface area (Å²) in [4.78, 5) is 34.9. The molecule has 0 unspecified atom stereocenters. The number of carbonyl (C=O) groups is 3. The second-order valence-corrected chi connectivity index (χ2v) is 5.70. The quantitative estimate of drug-likeness (QED) is 0.553. The number of amides is 1. The summed E-state index contributed by atoms with van der Waals surface area (Å²) in [5, 5.41) is 11.7. The topological polar surface area (TPSA) is 92.7 Å². The predicted octanol–water partition coefficient (Wildman–Crippen LogP) is 3.05. The third kappa shape index (κ3) is 6.11. The number of rotatable bonds is 8. The van der Waals surface area contributed by atoms with Crippen LogP contribution in [0.3, 0.4) is 0 Å². The van der Waals surface area contributed by atoms with E-state index in [1.165, 1.54) is 6.08 Å². The Morgan fingerprint density at radius 3 is 2.26 bits per heavy atom. The molecule has 0 fully saturated rings. The molecule has 2 N–H and O–H groups in total. The molecule has 6 nitrogen and oxygen atoms in total. The van der Waals surface area contributed by atoms with Gasteiger partial charge >= 0.3 is 11.9 Å². The predicted molar refractivity (Wildman–Crippen MR) is 101 cm³/mol. The van der Waals surface area contributed by atoms with Crippen molar-refractivity contribution in [3.63, 3.8) is 0 Å². The highest BCUT2D eigenvalue weighted by Crippen LogP contribution is 2.19. The Morgan fingerprint density at radius 2 is 1.67 bits per heavy atom. The highest BCUT2D eigenvalue weighted by atomic mass is 16.5. The van der Waals surface area contributed by atoms with Crippen LogP contribution in [0.4, 0.5) is 0 Å². The number of carboxylic acid groups (broad SMARTS) is 1. The van der Waals surface area contributed by atoms with Crippen molar-refractivity contribution < 1.29 is 24.2 Å². The monoisotopic (exact) mass is 367 g/mol. The maximum Gasteiger partial charge on any atom is 0.330 e. The lowest BCUT2D eigenvalue weighted by Crippen LogP contribution is -2.40. The van der Waals surface area contributed by atoms with Gasteiger partial charge in [0.1, 0.15) is 6.04 Å². The van der Waals surface area contributed by atoms with Gasteiger partial charge in [-0.15, -0.1) is 0 Å². The number of carbonyl (C=O) groups excluding carboxylic acids is 2. The van der Waals surface area contributed by atoms with Crippen LogP contribution < -0.4 is 5.32 Å². The van der Waals surface area contributed by atoms with Gasteiger partial charge in [0, 0.05) is 11.6 Å². The van der Waals surface area contributed by atoms with Crippen LogP contribution in [0.2, 0.25) is 0 Å². The van der Waals surface area contributed by atoms with Crippen LogP contribution >= 0.6 is 0 Å². The zero-order chi connectivity index (χ0) is 19.6. The van der Waals surface area contributed by atoms with E-state index in [9.17, 15) is 19.5 Å². The summed E-state index contributed by atoms with van der Waals surface area (Å²) in [5.74, 6) is -2.23. The molecule has 0 aliphatic rings. The minimum absolute atomic E-state index is 0.0258. The molecule has 6 heteroatoms. The first-order valence-corrected chi connectivity index (χ1v) is 8.53. The summed E-state index contributed by atoms with van der Waals surface area (Å²) >= 11 is 0. The Balaban J connectivity index is 2.00. The number of aliphatic carboxylic acids is 1. The van der Waals surface area contributed by atoms with Gasteiger partial charge in [-0.2, -0.15) is 0 Å². The molecule has 0 heterocycles. The average Bonchev–Trinajstić information content (AvgIpc) is 2.68. The van der Waals surface area contributed by atoms with Crippen molar-refractivity contribution in [2.45, 2.75) is 19.4 Å². The van der Waals surface area contributed by atoms with E-state index in [1.807, 2.05) is 30.3 Å². The number of carboxylic acids is 1. The largest absolute Gasteiger partial charge is 0.480 e. The summed E-state index contributed by atoms with van der Waals surface area (Å²) in [7, 11) is 0. The maximum absolute atomic E-state index is 12.3. The second-order valence-electron chi connectivity index (χ2n) is 5.70. The number of benzene rings is 2. The number of hydrogen-bond donors (Lipinski definition) is 2. The minimum Gasteiger partial charge on any atom is -0.480 e. The van der Waals surface area contributed by atoms with E-state index >= 15 is 0 Å². The Labute approximate surface area is 157 Å². The van der Waals surface area contributed by atoms with E-state index in [4.69, 9.17) is 4.74 Å². The van der Waals surface area contributed by atoms with Gasteiger partial charge in [-0.05, 0) is 36.6 Å². The summed E-state index contributed by atoms with van der Waals surface area (Å²) in [5.41, 5.74) is 2.34. The zero-order valence-electron chi connectivity index (χ0n) is 14.9. The van der Waals surface area contributed by atoms with Gasteiger partial charge in [0.25, 0.3) is 5.91 Å². The Morgan fingerprint density at radius 1 is 1.04 bits per heavy atom. The van der Waals surface area contributed by atoms with Crippen LogP contribution in [0, 0.1) is 0 Å². The molecule has 2 aromatic carbocycles. The van der Waals surface area contributed by atoms with Gasteiger partial charge in [-0.3, -0.25) is 4.79 Å². The fourth-order valence-electron chi connectivity index (χ4n) is 2.40. The smallest absolute Gasteiger partial charge is 0.330 e. The SMILES string of the molecule is CCOC(=O)/C=C/C[C@H](NC(=O)c1ccc(-c2ccccc2)cc1)C(=O)O. The Kier molecular flexibility index (Phi) is 7.31. The first-order chi connectivity index (χ1) is 13.0. The molecule has 2 rings (SSSR count). The molecule has 0 aliphatic carbocycles. The lowest BCUT2D eigenvalue weighted by Gasteiger charge is -2.13. The van der Waals surface area contributed by atoms with Gasteiger partial charge in [0.2, 0.25) is 0 Å². The Bertz CT molecular complexity index is 812. The molecular formula is C21H21NO5. The van der Waals surface area contributed by atoms with Gasteiger partial charge < -0.3 is 15.2 Å². The van der Waals surface area contributed by atoms with Crippen molar-refractivity contribution in [2.75, 3.05) is 6.61 Å². The first kappa shape index (κ1) is 19.9. The van der Waals surface area contributed by atoms with E-state index in [0.717, 1.165) is 17.2 Å². The molecule has 140 valence electrons. The first-order valence-electron chi connectivity index (χ1n) is 8.53. The fraction of sp³-hybridized carbons (Fsp3) is 0.190. The van der Waals surface area contributed by atoms with Gasteiger partial charge in [0.05, 0.1) is 6.61 Å². The maximum atomic E-state index is 12.3. The normalized spacial score (nSPS) is 11.7. The van der Waals surface area contributed by atoms with Crippen molar-refractivity contribution in [3.8, 4) is 11.1 Å². The third-order valence-electron chi connectivity index (χ3n) is 3.77.